The van der Waals surface area contributed by atoms with Crippen molar-refractivity contribution in [1.29, 1.82) is 0 Å². The molecule has 0 N–H and O–H groups in total. The maximum Gasteiger partial charge on any atom is 0.112 e. The topological polar surface area (TPSA) is 30.7 Å². The molecule has 0 fully saturated rings. The molecule has 102 valence electrons. The van der Waals surface area contributed by atoms with Gasteiger partial charge in [0.25, 0.3) is 0 Å². The van der Waals surface area contributed by atoms with E-state index < -0.39 is 0 Å². The van der Waals surface area contributed by atoms with Gasteiger partial charge in [0.05, 0.1) is 16.9 Å². The highest BCUT2D eigenvalue weighted by Crippen LogP contribution is 2.23. The second kappa shape index (κ2) is 5.25. The van der Waals surface area contributed by atoms with E-state index in [1.54, 1.807) is 0 Å². The summed E-state index contributed by atoms with van der Waals surface area (Å²) >= 11 is 6.08. The van der Waals surface area contributed by atoms with E-state index in [-0.39, 0.29) is 0 Å². The van der Waals surface area contributed by atoms with E-state index in [0.29, 0.717) is 10.9 Å². The van der Waals surface area contributed by atoms with Crippen LogP contribution in [0.4, 0.5) is 0 Å². The summed E-state index contributed by atoms with van der Waals surface area (Å²) in [4.78, 5) is 4.49. The molecule has 3 nitrogen and oxygen atoms in total. The van der Waals surface area contributed by atoms with Gasteiger partial charge in [-0.15, -0.1) is 0 Å². The predicted molar refractivity (Wildman–Crippen MR) is 82.4 cm³/mol. The zero-order chi connectivity index (χ0) is 14.1. The summed E-state index contributed by atoms with van der Waals surface area (Å²) in [5, 5.41) is 5.45. The summed E-state index contributed by atoms with van der Waals surface area (Å²) in [5.74, 6) is 0.544. The average molecular weight is 286 g/mol. The van der Waals surface area contributed by atoms with Crippen LogP contribution in [0.5, 0.6) is 0 Å². The Bertz CT molecular complexity index is 746. The van der Waals surface area contributed by atoms with Gasteiger partial charge in [-0.1, -0.05) is 31.5 Å². The van der Waals surface area contributed by atoms with Crippen molar-refractivity contribution in [2.45, 2.75) is 20.3 Å². The van der Waals surface area contributed by atoms with Crippen LogP contribution in [0.2, 0.25) is 5.02 Å². The van der Waals surface area contributed by atoms with Crippen LogP contribution in [0.3, 0.4) is 0 Å². The first-order chi connectivity index (χ1) is 9.65. The average Bonchev–Trinajstić information content (AvgIpc) is 2.77. The van der Waals surface area contributed by atoms with Gasteiger partial charge in [0.2, 0.25) is 0 Å². The van der Waals surface area contributed by atoms with E-state index in [9.17, 15) is 0 Å². The third-order valence-corrected chi connectivity index (χ3v) is 3.40. The second-order valence-corrected chi connectivity index (χ2v) is 5.74. The van der Waals surface area contributed by atoms with Crippen molar-refractivity contribution in [2.75, 3.05) is 0 Å². The first kappa shape index (κ1) is 13.1. The maximum absolute atomic E-state index is 6.08. The molecular weight excluding hydrogens is 270 g/mol. The fourth-order valence-corrected chi connectivity index (χ4v) is 2.53. The quantitative estimate of drug-likeness (QED) is 0.719. The van der Waals surface area contributed by atoms with Crippen LogP contribution < -0.4 is 0 Å². The minimum absolute atomic E-state index is 0.544. The van der Waals surface area contributed by atoms with Crippen molar-refractivity contribution >= 4 is 22.6 Å². The highest BCUT2D eigenvalue weighted by Gasteiger charge is 2.13. The zero-order valence-electron chi connectivity index (χ0n) is 11.5. The molecule has 3 rings (SSSR count). The molecule has 0 atom stereocenters. The molecule has 0 amide bonds. The number of pyridine rings is 1. The third kappa shape index (κ3) is 2.41. The van der Waals surface area contributed by atoms with Gasteiger partial charge >= 0.3 is 0 Å². The lowest BCUT2D eigenvalue weighted by molar-refractivity contribution is 0.630. The Kier molecular flexibility index (Phi) is 3.45. The van der Waals surface area contributed by atoms with Crippen LogP contribution in [0.15, 0.2) is 42.6 Å². The van der Waals surface area contributed by atoms with Crippen LogP contribution >= 0.6 is 11.6 Å². The SMILES string of the molecule is CC(C)Cc1nn(-c2cccc(Cl)c2)c2cccnc12. The number of fused-ring (bicyclic) bond motifs is 1. The fraction of sp³-hybridized carbons (Fsp3) is 0.250. The summed E-state index contributed by atoms with van der Waals surface area (Å²) in [6.07, 6.45) is 2.73. The maximum atomic E-state index is 6.08. The third-order valence-electron chi connectivity index (χ3n) is 3.16. The Morgan fingerprint density at radius 3 is 2.80 bits per heavy atom. The van der Waals surface area contributed by atoms with Crippen LogP contribution in [0.25, 0.3) is 16.7 Å². The molecule has 0 saturated carbocycles. The molecule has 2 heterocycles. The molecule has 0 aliphatic carbocycles. The van der Waals surface area contributed by atoms with E-state index in [4.69, 9.17) is 16.7 Å². The standard InChI is InChI=1S/C16H16ClN3/c1-11(2)9-14-16-15(7-4-8-18-16)20(19-14)13-6-3-5-12(17)10-13/h3-8,10-11H,9H2,1-2H3. The van der Waals surface area contributed by atoms with Gasteiger partial charge in [-0.2, -0.15) is 5.10 Å². The molecule has 0 saturated heterocycles. The molecule has 3 aromatic rings. The Balaban J connectivity index is 2.21. The lowest BCUT2D eigenvalue weighted by Crippen LogP contribution is -1.99. The molecular formula is C16H16ClN3. The molecule has 0 aliphatic rings. The van der Waals surface area contributed by atoms with Crippen LogP contribution in [-0.4, -0.2) is 14.8 Å². The summed E-state index contributed by atoms with van der Waals surface area (Å²) in [6, 6.07) is 11.7. The number of rotatable bonds is 3. The second-order valence-electron chi connectivity index (χ2n) is 5.31. The Labute approximate surface area is 123 Å². The fourth-order valence-electron chi connectivity index (χ4n) is 2.34. The monoisotopic (exact) mass is 285 g/mol. The first-order valence-electron chi connectivity index (χ1n) is 6.73. The number of benzene rings is 1. The van der Waals surface area contributed by atoms with E-state index in [1.807, 2.05) is 47.3 Å². The van der Waals surface area contributed by atoms with E-state index in [1.165, 1.54) is 0 Å². The minimum Gasteiger partial charge on any atom is -0.253 e. The van der Waals surface area contributed by atoms with Crippen molar-refractivity contribution in [3.8, 4) is 5.69 Å². The van der Waals surface area contributed by atoms with Crippen molar-refractivity contribution in [1.82, 2.24) is 14.8 Å². The van der Waals surface area contributed by atoms with Gasteiger partial charge in [-0.05, 0) is 42.7 Å². The number of hydrogen-bond donors (Lipinski definition) is 0. The van der Waals surface area contributed by atoms with Crippen LogP contribution in [0, 0.1) is 5.92 Å². The highest BCUT2D eigenvalue weighted by molar-refractivity contribution is 6.30. The zero-order valence-corrected chi connectivity index (χ0v) is 12.3. The van der Waals surface area contributed by atoms with Gasteiger partial charge in [0, 0.05) is 11.2 Å². The Morgan fingerprint density at radius 2 is 2.05 bits per heavy atom. The predicted octanol–water partition coefficient (Wildman–Crippen LogP) is 4.27. The first-order valence-corrected chi connectivity index (χ1v) is 7.11. The minimum atomic E-state index is 0.544. The molecule has 0 radical (unpaired) electrons. The summed E-state index contributed by atoms with van der Waals surface area (Å²) < 4.78 is 1.92. The summed E-state index contributed by atoms with van der Waals surface area (Å²) in [5.41, 5.74) is 3.99. The van der Waals surface area contributed by atoms with Gasteiger partial charge in [0.1, 0.15) is 5.52 Å². The lowest BCUT2D eigenvalue weighted by atomic mass is 10.1. The van der Waals surface area contributed by atoms with Crippen LogP contribution in [-0.2, 0) is 6.42 Å². The van der Waals surface area contributed by atoms with Crippen molar-refractivity contribution in [2.24, 2.45) is 5.92 Å². The number of halogens is 1. The lowest BCUT2D eigenvalue weighted by Gasteiger charge is -2.03. The molecule has 1 aromatic carbocycles. The molecule has 2 aromatic heterocycles. The van der Waals surface area contributed by atoms with Gasteiger partial charge in [-0.3, -0.25) is 4.98 Å². The van der Waals surface area contributed by atoms with E-state index in [2.05, 4.69) is 18.8 Å². The molecule has 4 heteroatoms. The molecule has 0 aliphatic heterocycles. The Hall–Kier alpha value is -1.87. The Morgan fingerprint density at radius 1 is 1.20 bits per heavy atom. The van der Waals surface area contributed by atoms with Crippen molar-refractivity contribution < 1.29 is 0 Å². The van der Waals surface area contributed by atoms with Gasteiger partial charge in [-0.25, -0.2) is 4.68 Å². The number of aromatic nitrogens is 3. The summed E-state index contributed by atoms with van der Waals surface area (Å²) in [6.45, 7) is 4.38. The molecule has 0 unspecified atom stereocenters. The number of hydrogen-bond acceptors (Lipinski definition) is 2. The largest absolute Gasteiger partial charge is 0.253 e. The van der Waals surface area contributed by atoms with Crippen LogP contribution in [0.1, 0.15) is 19.5 Å². The van der Waals surface area contributed by atoms with Crippen molar-refractivity contribution in [3.63, 3.8) is 0 Å². The van der Waals surface area contributed by atoms with Crippen molar-refractivity contribution in [3.05, 3.63) is 53.3 Å². The molecule has 0 spiro atoms. The number of nitrogens with zero attached hydrogens (tertiary/aromatic N) is 3. The molecule has 0 bridgehead atoms. The smallest absolute Gasteiger partial charge is 0.112 e. The summed E-state index contributed by atoms with van der Waals surface area (Å²) in [7, 11) is 0. The van der Waals surface area contributed by atoms with Gasteiger partial charge < -0.3 is 0 Å². The highest BCUT2D eigenvalue weighted by atomic mass is 35.5. The van der Waals surface area contributed by atoms with Gasteiger partial charge in [0.15, 0.2) is 0 Å². The van der Waals surface area contributed by atoms with E-state index >= 15 is 0 Å². The van der Waals surface area contributed by atoms with E-state index in [0.717, 1.165) is 28.8 Å². The molecule has 20 heavy (non-hydrogen) atoms. The normalized spacial score (nSPS) is 11.4.